The van der Waals surface area contributed by atoms with Crippen molar-refractivity contribution in [3.8, 4) is 5.69 Å². The minimum Gasteiger partial charge on any atom is -0.330 e. The molecule has 1 aromatic carbocycles. The molecule has 4 rings (SSSR count). The predicted molar refractivity (Wildman–Crippen MR) is 114 cm³/mol. The van der Waals surface area contributed by atoms with Crippen LogP contribution in [0.2, 0.25) is 0 Å². The lowest BCUT2D eigenvalue weighted by Crippen LogP contribution is -2.47. The van der Waals surface area contributed by atoms with E-state index in [4.69, 9.17) is 0 Å². The Hall–Kier alpha value is -3.20. The largest absolute Gasteiger partial charge is 0.333 e. The number of carbonyl (C=O) groups is 2. The number of hydrogen-bond acceptors (Lipinski definition) is 5. The van der Waals surface area contributed by atoms with E-state index in [-0.39, 0.29) is 11.9 Å². The number of benzene rings is 1. The molecule has 1 unspecified atom stereocenters. The van der Waals surface area contributed by atoms with Gasteiger partial charge in [-0.3, -0.25) is 10.2 Å². The van der Waals surface area contributed by atoms with Gasteiger partial charge in [0, 0.05) is 4.88 Å². The van der Waals surface area contributed by atoms with Gasteiger partial charge in [0.1, 0.15) is 12.7 Å². The highest BCUT2D eigenvalue weighted by atomic mass is 32.1. The van der Waals surface area contributed by atoms with E-state index >= 15 is 0 Å². The molecule has 9 heteroatoms. The number of aromatic nitrogens is 3. The Morgan fingerprint density at radius 2 is 1.90 bits per heavy atom. The summed E-state index contributed by atoms with van der Waals surface area (Å²) in [6.45, 7) is 1.88. The summed E-state index contributed by atoms with van der Waals surface area (Å²) in [4.78, 5) is 30.5. The fraction of sp³-hybridized carbons (Fsp3) is 0.333. The second-order valence-corrected chi connectivity index (χ2v) is 8.46. The van der Waals surface area contributed by atoms with Crippen molar-refractivity contribution in [2.24, 2.45) is 0 Å². The van der Waals surface area contributed by atoms with Gasteiger partial charge in [0.25, 0.3) is 5.91 Å². The average molecular weight is 425 g/mol. The first-order chi connectivity index (χ1) is 14.6. The van der Waals surface area contributed by atoms with Crippen molar-refractivity contribution in [1.29, 1.82) is 0 Å². The van der Waals surface area contributed by atoms with E-state index < -0.39 is 6.03 Å². The van der Waals surface area contributed by atoms with E-state index in [2.05, 4.69) is 26.3 Å². The summed E-state index contributed by atoms with van der Waals surface area (Å²) in [5.74, 6) is -0.284. The van der Waals surface area contributed by atoms with Gasteiger partial charge in [0.2, 0.25) is 0 Å². The maximum absolute atomic E-state index is 12.4. The zero-order chi connectivity index (χ0) is 20.9. The van der Waals surface area contributed by atoms with Crippen LogP contribution in [0.25, 0.3) is 5.69 Å². The fourth-order valence-corrected chi connectivity index (χ4v) is 4.68. The summed E-state index contributed by atoms with van der Waals surface area (Å²) in [5, 5.41) is 6.91. The minimum atomic E-state index is -0.464. The van der Waals surface area contributed by atoms with Gasteiger partial charge < -0.3 is 5.32 Å². The number of hydrogen-bond donors (Lipinski definition) is 3. The first-order valence-corrected chi connectivity index (χ1v) is 10.8. The topological polar surface area (TPSA) is 101 Å². The van der Waals surface area contributed by atoms with Gasteiger partial charge in [-0.05, 0) is 61.9 Å². The molecular weight excluding hydrogens is 400 g/mol. The van der Waals surface area contributed by atoms with Gasteiger partial charge >= 0.3 is 6.03 Å². The third-order valence-corrected chi connectivity index (χ3v) is 6.42. The third-order valence-electron chi connectivity index (χ3n) is 5.18. The maximum Gasteiger partial charge on any atom is 0.333 e. The lowest BCUT2D eigenvalue weighted by atomic mass is 10.1. The lowest BCUT2D eigenvalue weighted by Gasteiger charge is -2.15. The maximum atomic E-state index is 12.4. The molecule has 2 heterocycles. The quantitative estimate of drug-likeness (QED) is 0.442. The molecule has 0 bridgehead atoms. The molecule has 3 aromatic rings. The molecule has 1 atom stereocenters. The van der Waals surface area contributed by atoms with Crippen LogP contribution in [-0.2, 0) is 12.8 Å². The van der Waals surface area contributed by atoms with Crippen LogP contribution in [0.5, 0.6) is 0 Å². The van der Waals surface area contributed by atoms with Gasteiger partial charge in [-0.25, -0.2) is 19.9 Å². The molecule has 3 amide bonds. The molecule has 1 aliphatic rings. The van der Waals surface area contributed by atoms with Crippen molar-refractivity contribution < 1.29 is 9.59 Å². The Morgan fingerprint density at radius 3 is 2.67 bits per heavy atom. The van der Waals surface area contributed by atoms with Crippen molar-refractivity contribution >= 4 is 23.3 Å². The Balaban J connectivity index is 1.28. The van der Waals surface area contributed by atoms with E-state index in [1.54, 1.807) is 11.0 Å². The number of aryl methyl sites for hydroxylation is 2. The average Bonchev–Trinajstić information content (AvgIpc) is 3.38. The smallest absolute Gasteiger partial charge is 0.330 e. The summed E-state index contributed by atoms with van der Waals surface area (Å²) in [6, 6.07) is 8.91. The standard InChI is InChI=1S/C21H24N6O2S/c1-14(15-7-9-17(10-8-15)27-13-22-12-23-27)24-21(29)26-25-20(28)19-11-16-5-3-2-4-6-18(16)30-19/h7-14H,2-6H2,1H3,(H,25,28)(H2,24,26,29). The molecule has 2 aromatic heterocycles. The van der Waals surface area contributed by atoms with Gasteiger partial charge in [-0.15, -0.1) is 11.3 Å². The number of fused-ring (bicyclic) bond motifs is 1. The van der Waals surface area contributed by atoms with Crippen LogP contribution in [0.4, 0.5) is 4.79 Å². The number of nitrogens with one attached hydrogen (secondary N) is 3. The zero-order valence-electron chi connectivity index (χ0n) is 16.7. The molecule has 0 spiro atoms. The number of hydrazine groups is 1. The highest BCUT2D eigenvalue weighted by Crippen LogP contribution is 2.28. The van der Waals surface area contributed by atoms with E-state index in [0.717, 1.165) is 24.1 Å². The Kier molecular flexibility index (Phi) is 6.08. The fourth-order valence-electron chi connectivity index (χ4n) is 3.53. The van der Waals surface area contributed by atoms with Gasteiger partial charge in [-0.1, -0.05) is 18.6 Å². The van der Waals surface area contributed by atoms with Crippen LogP contribution in [0.15, 0.2) is 43.0 Å². The molecule has 0 saturated carbocycles. The molecule has 3 N–H and O–H groups in total. The summed E-state index contributed by atoms with van der Waals surface area (Å²) < 4.78 is 1.66. The number of rotatable bonds is 4. The minimum absolute atomic E-state index is 0.232. The molecule has 0 radical (unpaired) electrons. The molecule has 8 nitrogen and oxygen atoms in total. The summed E-state index contributed by atoms with van der Waals surface area (Å²) in [6.07, 6.45) is 8.75. The number of urea groups is 1. The number of amides is 3. The number of thiophene rings is 1. The predicted octanol–water partition coefficient (Wildman–Crippen LogP) is 3.30. The van der Waals surface area contributed by atoms with Crippen molar-refractivity contribution in [3.63, 3.8) is 0 Å². The molecule has 1 aliphatic carbocycles. The van der Waals surface area contributed by atoms with E-state index in [1.165, 1.54) is 47.4 Å². The van der Waals surface area contributed by atoms with Gasteiger partial charge in [0.15, 0.2) is 0 Å². The first kappa shape index (κ1) is 20.1. The van der Waals surface area contributed by atoms with Crippen LogP contribution >= 0.6 is 11.3 Å². The van der Waals surface area contributed by atoms with Gasteiger partial charge in [-0.2, -0.15) is 5.10 Å². The molecule has 0 fully saturated rings. The number of carbonyl (C=O) groups excluding carboxylic acids is 2. The Bertz CT molecular complexity index is 989. The van der Waals surface area contributed by atoms with E-state index in [0.29, 0.717) is 4.88 Å². The zero-order valence-corrected chi connectivity index (χ0v) is 17.5. The summed E-state index contributed by atoms with van der Waals surface area (Å²) in [5.41, 5.74) is 8.03. The van der Waals surface area contributed by atoms with Crippen molar-refractivity contribution in [2.45, 2.75) is 45.1 Å². The van der Waals surface area contributed by atoms with Crippen LogP contribution in [0.1, 0.15) is 57.9 Å². The van der Waals surface area contributed by atoms with Gasteiger partial charge in [0.05, 0.1) is 16.6 Å². The van der Waals surface area contributed by atoms with Crippen LogP contribution in [0.3, 0.4) is 0 Å². The highest BCUT2D eigenvalue weighted by Gasteiger charge is 2.17. The monoisotopic (exact) mass is 424 g/mol. The molecule has 0 saturated heterocycles. The summed E-state index contributed by atoms with van der Waals surface area (Å²) >= 11 is 1.52. The lowest BCUT2D eigenvalue weighted by molar-refractivity contribution is 0.0940. The van der Waals surface area contributed by atoms with Crippen LogP contribution < -0.4 is 16.2 Å². The second kappa shape index (κ2) is 9.08. The van der Waals surface area contributed by atoms with Crippen molar-refractivity contribution in [3.05, 3.63) is 63.9 Å². The van der Waals surface area contributed by atoms with Crippen molar-refractivity contribution in [2.75, 3.05) is 0 Å². The van der Waals surface area contributed by atoms with E-state index in [9.17, 15) is 9.59 Å². The summed E-state index contributed by atoms with van der Waals surface area (Å²) in [7, 11) is 0. The molecule has 0 aliphatic heterocycles. The molecule has 156 valence electrons. The Morgan fingerprint density at radius 1 is 1.10 bits per heavy atom. The molecule has 30 heavy (non-hydrogen) atoms. The highest BCUT2D eigenvalue weighted by molar-refractivity contribution is 7.14. The third kappa shape index (κ3) is 4.68. The van der Waals surface area contributed by atoms with Crippen molar-refractivity contribution in [1.82, 2.24) is 30.9 Å². The van der Waals surface area contributed by atoms with E-state index in [1.807, 2.05) is 37.3 Å². The SMILES string of the molecule is CC(NC(=O)NNC(=O)c1cc2c(s1)CCCCC2)c1ccc(-n2cncn2)cc1. The van der Waals surface area contributed by atoms with Crippen LogP contribution in [-0.4, -0.2) is 26.7 Å². The number of nitrogens with zero attached hydrogens (tertiary/aromatic N) is 3. The molecular formula is C21H24N6O2S. The Labute approximate surface area is 178 Å². The first-order valence-electron chi connectivity index (χ1n) is 10.0. The second-order valence-electron chi connectivity index (χ2n) is 7.33. The van der Waals surface area contributed by atoms with Crippen LogP contribution in [0, 0.1) is 0 Å². The normalized spacial score (nSPS) is 14.3.